The molecule has 1 aromatic carbocycles. The molecule has 1 aliphatic rings. The van der Waals surface area contributed by atoms with Crippen LogP contribution in [0.5, 0.6) is 0 Å². The third-order valence-corrected chi connectivity index (χ3v) is 2.69. The second kappa shape index (κ2) is 3.08. The molecule has 2 nitrogen and oxygen atoms in total. The molecular weight excluding hydrogens is 183 g/mol. The molecular formula is C11H11FO2. The highest BCUT2D eigenvalue weighted by Gasteiger charge is 2.46. The minimum absolute atomic E-state index is 0.193. The lowest BCUT2D eigenvalue weighted by atomic mass is 9.98. The lowest BCUT2D eigenvalue weighted by Crippen LogP contribution is -2.29. The van der Waals surface area contributed by atoms with E-state index in [-0.39, 0.29) is 6.42 Å². The van der Waals surface area contributed by atoms with Gasteiger partial charge in [-0.05, 0) is 12.0 Å². The Morgan fingerprint density at radius 3 is 2.93 bits per heavy atom. The number of hydrogen-bond acceptors (Lipinski definition) is 2. The summed E-state index contributed by atoms with van der Waals surface area (Å²) in [5, 5.41) is 0. The fraction of sp³-hybridized carbons (Fsp3) is 0.364. The van der Waals surface area contributed by atoms with Crippen LogP contribution in [0.2, 0.25) is 0 Å². The summed E-state index contributed by atoms with van der Waals surface area (Å²) >= 11 is 0. The van der Waals surface area contributed by atoms with E-state index in [1.807, 2.05) is 12.1 Å². The van der Waals surface area contributed by atoms with Gasteiger partial charge in [0.05, 0.1) is 7.11 Å². The van der Waals surface area contributed by atoms with E-state index in [0.29, 0.717) is 12.0 Å². The van der Waals surface area contributed by atoms with Crippen LogP contribution in [0.25, 0.3) is 0 Å². The first-order chi connectivity index (χ1) is 6.68. The number of rotatable bonds is 1. The number of carbonyl (C=O) groups is 1. The number of alkyl halides is 1. The zero-order valence-corrected chi connectivity index (χ0v) is 7.92. The van der Waals surface area contributed by atoms with E-state index in [1.54, 1.807) is 12.1 Å². The van der Waals surface area contributed by atoms with Crippen LogP contribution in [-0.2, 0) is 21.6 Å². The number of fused-ring (bicyclic) bond motifs is 1. The first-order valence-electron chi connectivity index (χ1n) is 4.54. The van der Waals surface area contributed by atoms with Crippen molar-refractivity contribution in [2.45, 2.75) is 18.5 Å². The number of esters is 1. The summed E-state index contributed by atoms with van der Waals surface area (Å²) in [4.78, 5) is 11.3. The molecule has 1 atom stereocenters. The van der Waals surface area contributed by atoms with Gasteiger partial charge in [-0.3, -0.25) is 0 Å². The summed E-state index contributed by atoms with van der Waals surface area (Å²) in [6, 6.07) is 7.09. The molecule has 0 radical (unpaired) electrons. The molecule has 0 amide bonds. The van der Waals surface area contributed by atoms with Crippen LogP contribution in [0, 0.1) is 0 Å². The quantitative estimate of drug-likeness (QED) is 0.639. The van der Waals surface area contributed by atoms with Gasteiger partial charge < -0.3 is 4.74 Å². The predicted octanol–water partition coefficient (Wildman–Crippen LogP) is 1.97. The first-order valence-corrected chi connectivity index (χ1v) is 4.54. The maximum atomic E-state index is 14.2. The van der Waals surface area contributed by atoms with Gasteiger partial charge in [-0.25, -0.2) is 9.18 Å². The van der Waals surface area contributed by atoms with E-state index in [0.717, 1.165) is 5.56 Å². The van der Waals surface area contributed by atoms with Crippen molar-refractivity contribution >= 4 is 5.97 Å². The maximum Gasteiger partial charge on any atom is 0.348 e. The van der Waals surface area contributed by atoms with Crippen LogP contribution in [0.15, 0.2) is 24.3 Å². The zero-order chi connectivity index (χ0) is 10.2. The third-order valence-electron chi connectivity index (χ3n) is 2.69. The van der Waals surface area contributed by atoms with Crippen LogP contribution < -0.4 is 0 Å². The van der Waals surface area contributed by atoms with Crippen molar-refractivity contribution in [2.24, 2.45) is 0 Å². The molecule has 0 unspecified atom stereocenters. The number of hydrogen-bond donors (Lipinski definition) is 0. The molecule has 0 fully saturated rings. The predicted molar refractivity (Wildman–Crippen MR) is 49.6 cm³/mol. The van der Waals surface area contributed by atoms with Crippen molar-refractivity contribution in [2.75, 3.05) is 7.11 Å². The summed E-state index contributed by atoms with van der Waals surface area (Å²) in [6.07, 6.45) is 0.792. The van der Waals surface area contributed by atoms with Crippen molar-refractivity contribution < 1.29 is 13.9 Å². The lowest BCUT2D eigenvalue weighted by molar-refractivity contribution is -0.155. The smallest absolute Gasteiger partial charge is 0.348 e. The molecule has 0 heterocycles. The molecule has 1 aliphatic carbocycles. The van der Waals surface area contributed by atoms with Gasteiger partial charge in [0, 0.05) is 12.0 Å². The molecule has 0 aromatic heterocycles. The summed E-state index contributed by atoms with van der Waals surface area (Å²) in [5.74, 6) is -0.789. The molecule has 1 aromatic rings. The Kier molecular flexibility index (Phi) is 2.02. The fourth-order valence-corrected chi connectivity index (χ4v) is 1.94. The van der Waals surface area contributed by atoms with Crippen LogP contribution in [-0.4, -0.2) is 13.1 Å². The van der Waals surface area contributed by atoms with Crippen molar-refractivity contribution in [3.05, 3.63) is 35.4 Å². The molecule has 74 valence electrons. The SMILES string of the molecule is COC(=O)[C@]1(F)CCc2ccccc21. The van der Waals surface area contributed by atoms with Crippen LogP contribution in [0.3, 0.4) is 0 Å². The van der Waals surface area contributed by atoms with Gasteiger partial charge in [-0.15, -0.1) is 0 Å². The molecule has 2 rings (SSSR count). The first kappa shape index (κ1) is 9.19. The van der Waals surface area contributed by atoms with Crippen molar-refractivity contribution in [1.29, 1.82) is 0 Å². The second-order valence-electron chi connectivity index (χ2n) is 3.45. The standard InChI is InChI=1S/C11H11FO2/c1-14-10(13)11(12)7-6-8-4-2-3-5-9(8)11/h2-5H,6-7H2,1H3/t11-/m0/s1. The van der Waals surface area contributed by atoms with E-state index >= 15 is 0 Å². The van der Waals surface area contributed by atoms with Crippen LogP contribution >= 0.6 is 0 Å². The monoisotopic (exact) mass is 194 g/mol. The topological polar surface area (TPSA) is 26.3 Å². The molecule has 0 aliphatic heterocycles. The highest BCUT2D eigenvalue weighted by atomic mass is 19.1. The lowest BCUT2D eigenvalue weighted by Gasteiger charge is -2.17. The van der Waals surface area contributed by atoms with E-state index in [2.05, 4.69) is 4.74 Å². The van der Waals surface area contributed by atoms with Gasteiger partial charge in [0.1, 0.15) is 0 Å². The Bertz CT molecular complexity index is 375. The summed E-state index contributed by atoms with van der Waals surface area (Å²) < 4.78 is 18.7. The summed E-state index contributed by atoms with van der Waals surface area (Å²) in [7, 11) is 1.21. The largest absolute Gasteiger partial charge is 0.466 e. The molecule has 0 bridgehead atoms. The Balaban J connectivity index is 2.47. The summed E-state index contributed by atoms with van der Waals surface area (Å²) in [5.41, 5.74) is -0.557. The van der Waals surface area contributed by atoms with Crippen LogP contribution in [0.4, 0.5) is 4.39 Å². The number of aryl methyl sites for hydroxylation is 1. The molecule has 3 heteroatoms. The fourth-order valence-electron chi connectivity index (χ4n) is 1.94. The Morgan fingerprint density at radius 1 is 1.50 bits per heavy atom. The van der Waals surface area contributed by atoms with E-state index in [9.17, 15) is 9.18 Å². The minimum Gasteiger partial charge on any atom is -0.466 e. The number of ether oxygens (including phenoxy) is 1. The van der Waals surface area contributed by atoms with E-state index < -0.39 is 11.6 Å². The molecule has 0 saturated carbocycles. The molecule has 0 saturated heterocycles. The van der Waals surface area contributed by atoms with E-state index in [4.69, 9.17) is 0 Å². The number of carbonyl (C=O) groups excluding carboxylic acids is 1. The number of methoxy groups -OCH3 is 1. The maximum absolute atomic E-state index is 14.2. The average Bonchev–Trinajstić information content (AvgIpc) is 2.58. The van der Waals surface area contributed by atoms with Crippen molar-refractivity contribution in [1.82, 2.24) is 0 Å². The normalized spacial score (nSPS) is 24.4. The van der Waals surface area contributed by atoms with Gasteiger partial charge >= 0.3 is 5.97 Å². The second-order valence-corrected chi connectivity index (χ2v) is 3.45. The van der Waals surface area contributed by atoms with Gasteiger partial charge in [0.2, 0.25) is 5.67 Å². The molecule has 14 heavy (non-hydrogen) atoms. The van der Waals surface area contributed by atoms with Crippen LogP contribution in [0.1, 0.15) is 17.5 Å². The van der Waals surface area contributed by atoms with Gasteiger partial charge in [-0.1, -0.05) is 24.3 Å². The Hall–Kier alpha value is -1.38. The van der Waals surface area contributed by atoms with Gasteiger partial charge in [0.25, 0.3) is 0 Å². The van der Waals surface area contributed by atoms with Gasteiger partial charge in [-0.2, -0.15) is 0 Å². The zero-order valence-electron chi connectivity index (χ0n) is 7.92. The minimum atomic E-state index is -1.93. The Morgan fingerprint density at radius 2 is 2.21 bits per heavy atom. The third kappa shape index (κ3) is 1.12. The van der Waals surface area contributed by atoms with Gasteiger partial charge in [0.15, 0.2) is 0 Å². The van der Waals surface area contributed by atoms with E-state index in [1.165, 1.54) is 7.11 Å². The highest BCUT2D eigenvalue weighted by molar-refractivity contribution is 5.82. The Labute approximate surface area is 81.7 Å². The number of benzene rings is 1. The molecule has 0 spiro atoms. The van der Waals surface area contributed by atoms with Crippen molar-refractivity contribution in [3.63, 3.8) is 0 Å². The average molecular weight is 194 g/mol. The van der Waals surface area contributed by atoms with Crippen molar-refractivity contribution in [3.8, 4) is 0 Å². The summed E-state index contributed by atoms with van der Waals surface area (Å²) in [6.45, 7) is 0. The molecule has 0 N–H and O–H groups in total. The highest BCUT2D eigenvalue weighted by Crippen LogP contribution is 2.40. The number of halogens is 1.